The van der Waals surface area contributed by atoms with Crippen LogP contribution in [-0.2, 0) is 9.53 Å². The number of aliphatic hydroxyl groups excluding tert-OH is 1. The number of carbonyl (C=O) groups is 1. The number of hydrogen-bond acceptors (Lipinski definition) is 3. The summed E-state index contributed by atoms with van der Waals surface area (Å²) in [5, 5.41) is 10.3. The Hall–Kier alpha value is -0.410. The van der Waals surface area contributed by atoms with E-state index in [1.54, 1.807) is 0 Å². The van der Waals surface area contributed by atoms with Gasteiger partial charge in [-0.25, -0.2) is 0 Å². The van der Waals surface area contributed by atoms with Crippen LogP contribution in [0.25, 0.3) is 0 Å². The maximum atomic E-state index is 11.9. The number of ether oxygens (including phenoxy) is 1. The molecule has 0 aromatic rings. The van der Waals surface area contributed by atoms with Gasteiger partial charge in [0.1, 0.15) is 6.61 Å². The van der Waals surface area contributed by atoms with Gasteiger partial charge in [-0.2, -0.15) is 0 Å². The van der Waals surface area contributed by atoms with Gasteiger partial charge in [0.15, 0.2) is 5.78 Å². The summed E-state index contributed by atoms with van der Waals surface area (Å²) < 4.78 is 5.74. The first-order valence-corrected chi connectivity index (χ1v) is 8.95. The van der Waals surface area contributed by atoms with Gasteiger partial charge < -0.3 is 9.84 Å². The average Bonchev–Trinajstić information content (AvgIpc) is 2.76. The van der Waals surface area contributed by atoms with E-state index < -0.39 is 0 Å². The number of carbonyl (C=O) groups excluding carboxylic acids is 1. The van der Waals surface area contributed by atoms with Gasteiger partial charge in [0, 0.05) is 5.41 Å². The zero-order valence-corrected chi connectivity index (χ0v) is 15.0. The van der Waals surface area contributed by atoms with Crippen LogP contribution in [0.15, 0.2) is 0 Å². The van der Waals surface area contributed by atoms with Gasteiger partial charge in [-0.3, -0.25) is 4.79 Å². The van der Waals surface area contributed by atoms with Gasteiger partial charge in [-0.1, -0.05) is 41.0 Å². The fourth-order valence-corrected chi connectivity index (χ4v) is 4.79. The number of hydrogen-bond donors (Lipinski definition) is 1. The lowest BCUT2D eigenvalue weighted by Gasteiger charge is -2.45. The molecule has 0 saturated heterocycles. The van der Waals surface area contributed by atoms with E-state index in [4.69, 9.17) is 4.74 Å². The molecule has 0 radical (unpaired) electrons. The van der Waals surface area contributed by atoms with Crippen LogP contribution in [0.1, 0.15) is 66.7 Å². The molecule has 0 spiro atoms. The normalized spacial score (nSPS) is 36.9. The van der Waals surface area contributed by atoms with E-state index in [1.165, 1.54) is 12.8 Å². The highest BCUT2D eigenvalue weighted by Crippen LogP contribution is 2.57. The fraction of sp³-hybridized carbons (Fsp3) is 0.947. The molecule has 128 valence electrons. The third kappa shape index (κ3) is 3.56. The molecule has 0 aromatic carbocycles. The van der Waals surface area contributed by atoms with Crippen LogP contribution in [0, 0.1) is 28.6 Å². The minimum Gasteiger partial charge on any atom is -0.393 e. The minimum absolute atomic E-state index is 0.112. The highest BCUT2D eigenvalue weighted by molar-refractivity contribution is 5.84. The lowest BCUT2D eigenvalue weighted by atomic mass is 9.62. The summed E-state index contributed by atoms with van der Waals surface area (Å²) in [6.07, 6.45) is 5.56. The second-order valence-electron chi connectivity index (χ2n) is 8.92. The van der Waals surface area contributed by atoms with Crippen LogP contribution in [0.4, 0.5) is 0 Å². The van der Waals surface area contributed by atoms with Crippen LogP contribution in [0.5, 0.6) is 0 Å². The molecule has 2 fully saturated rings. The Balaban J connectivity index is 1.88. The fourth-order valence-electron chi connectivity index (χ4n) is 4.79. The molecule has 2 rings (SSSR count). The Morgan fingerprint density at radius 3 is 2.64 bits per heavy atom. The molecule has 3 heteroatoms. The summed E-state index contributed by atoms with van der Waals surface area (Å²) >= 11 is 0. The zero-order valence-electron chi connectivity index (χ0n) is 15.0. The summed E-state index contributed by atoms with van der Waals surface area (Å²) in [5.41, 5.74) is -0.0599. The Morgan fingerprint density at radius 1 is 1.32 bits per heavy atom. The predicted octanol–water partition coefficient (Wildman–Crippen LogP) is 3.83. The van der Waals surface area contributed by atoms with Gasteiger partial charge in [0.25, 0.3) is 0 Å². The standard InChI is InChI=1S/C19H34O3/c1-13(11-22-12-17(21)18(2,3)4)14-8-9-15-16(20)7-6-10-19(14,15)5/h13-16,20H,6-12H2,1-5H3/t13-,14-,15+,16+,19-/m1/s1. The summed E-state index contributed by atoms with van der Waals surface area (Å²) in [5.74, 6) is 1.69. The summed E-state index contributed by atoms with van der Waals surface area (Å²) in [7, 11) is 0. The average molecular weight is 310 g/mol. The van der Waals surface area contributed by atoms with Gasteiger partial charge in [0.05, 0.1) is 12.7 Å². The van der Waals surface area contributed by atoms with Crippen molar-refractivity contribution in [2.45, 2.75) is 72.8 Å². The molecule has 0 unspecified atom stereocenters. The zero-order chi connectivity index (χ0) is 16.5. The summed E-state index contributed by atoms with van der Waals surface area (Å²) in [6.45, 7) is 11.3. The molecule has 0 aliphatic heterocycles. The Labute approximate surface area is 135 Å². The quantitative estimate of drug-likeness (QED) is 0.839. The molecule has 22 heavy (non-hydrogen) atoms. The second-order valence-corrected chi connectivity index (χ2v) is 8.92. The van der Waals surface area contributed by atoms with E-state index in [1.807, 2.05) is 20.8 Å². The van der Waals surface area contributed by atoms with Crippen LogP contribution in [0.2, 0.25) is 0 Å². The van der Waals surface area contributed by atoms with Crippen molar-refractivity contribution in [3.63, 3.8) is 0 Å². The molecule has 5 atom stereocenters. The van der Waals surface area contributed by atoms with Crippen molar-refractivity contribution >= 4 is 5.78 Å². The van der Waals surface area contributed by atoms with Crippen molar-refractivity contribution in [3.05, 3.63) is 0 Å². The SMILES string of the molecule is C[C@H](COCC(=O)C(C)(C)C)[C@H]1CC[C@H]2[C@@H](O)CCC[C@]12C. The van der Waals surface area contributed by atoms with E-state index in [2.05, 4.69) is 13.8 Å². The van der Waals surface area contributed by atoms with Crippen molar-refractivity contribution in [1.29, 1.82) is 0 Å². The van der Waals surface area contributed by atoms with Crippen LogP contribution >= 0.6 is 0 Å². The molecule has 1 N–H and O–H groups in total. The molecule has 0 amide bonds. The van der Waals surface area contributed by atoms with Gasteiger partial charge in [-0.05, 0) is 48.9 Å². The number of fused-ring (bicyclic) bond motifs is 1. The Kier molecular flexibility index (Phi) is 5.38. The van der Waals surface area contributed by atoms with Gasteiger partial charge in [-0.15, -0.1) is 0 Å². The molecular formula is C19H34O3. The molecule has 2 aliphatic rings. The number of aliphatic hydroxyl groups is 1. The summed E-state index contributed by atoms with van der Waals surface area (Å²) in [4.78, 5) is 11.9. The van der Waals surface area contributed by atoms with E-state index in [0.717, 1.165) is 19.3 Å². The van der Waals surface area contributed by atoms with Crippen molar-refractivity contribution in [3.8, 4) is 0 Å². The number of ketones is 1. The Bertz CT molecular complexity index is 398. The van der Waals surface area contributed by atoms with E-state index in [-0.39, 0.29) is 29.3 Å². The maximum absolute atomic E-state index is 11.9. The monoisotopic (exact) mass is 310 g/mol. The second kappa shape index (κ2) is 6.60. The molecule has 0 bridgehead atoms. The van der Waals surface area contributed by atoms with Crippen molar-refractivity contribution in [1.82, 2.24) is 0 Å². The van der Waals surface area contributed by atoms with E-state index in [9.17, 15) is 9.90 Å². The first-order chi connectivity index (χ1) is 10.2. The Morgan fingerprint density at radius 2 is 2.00 bits per heavy atom. The lowest BCUT2D eigenvalue weighted by Crippen LogP contribution is -2.42. The van der Waals surface area contributed by atoms with E-state index >= 15 is 0 Å². The van der Waals surface area contributed by atoms with Gasteiger partial charge >= 0.3 is 0 Å². The molecular weight excluding hydrogens is 276 g/mol. The molecule has 2 aliphatic carbocycles. The first-order valence-electron chi connectivity index (χ1n) is 8.95. The maximum Gasteiger partial charge on any atom is 0.163 e. The smallest absolute Gasteiger partial charge is 0.163 e. The molecule has 0 heterocycles. The number of Topliss-reactive ketones (excluding diaryl/α,β-unsaturated/α-hetero) is 1. The van der Waals surface area contributed by atoms with Crippen molar-refractivity contribution in [2.24, 2.45) is 28.6 Å². The van der Waals surface area contributed by atoms with E-state index in [0.29, 0.717) is 24.4 Å². The third-order valence-electron chi connectivity index (χ3n) is 6.30. The molecule has 0 aromatic heterocycles. The summed E-state index contributed by atoms with van der Waals surface area (Å²) in [6, 6.07) is 0. The van der Waals surface area contributed by atoms with Crippen molar-refractivity contribution < 1.29 is 14.6 Å². The molecule has 2 saturated carbocycles. The topological polar surface area (TPSA) is 46.5 Å². The van der Waals surface area contributed by atoms with Gasteiger partial charge in [0.2, 0.25) is 0 Å². The lowest BCUT2D eigenvalue weighted by molar-refractivity contribution is -0.132. The highest BCUT2D eigenvalue weighted by Gasteiger charge is 2.52. The molecule has 3 nitrogen and oxygen atoms in total. The van der Waals surface area contributed by atoms with Crippen LogP contribution < -0.4 is 0 Å². The number of rotatable bonds is 5. The highest BCUT2D eigenvalue weighted by atomic mass is 16.5. The van der Waals surface area contributed by atoms with Crippen LogP contribution in [0.3, 0.4) is 0 Å². The minimum atomic E-state index is -0.318. The third-order valence-corrected chi connectivity index (χ3v) is 6.30. The largest absolute Gasteiger partial charge is 0.393 e. The predicted molar refractivity (Wildman–Crippen MR) is 88.6 cm³/mol. The first kappa shape index (κ1) is 17.9. The van der Waals surface area contributed by atoms with Crippen molar-refractivity contribution in [2.75, 3.05) is 13.2 Å². The van der Waals surface area contributed by atoms with Crippen LogP contribution in [-0.4, -0.2) is 30.2 Å².